The predicted octanol–water partition coefficient (Wildman–Crippen LogP) is 1.54. The van der Waals surface area contributed by atoms with E-state index in [0.717, 1.165) is 38.0 Å². The number of rotatable bonds is 4. The fourth-order valence-electron chi connectivity index (χ4n) is 2.61. The second-order valence-corrected chi connectivity index (χ2v) is 5.08. The molecule has 2 N–H and O–H groups in total. The van der Waals surface area contributed by atoms with Crippen LogP contribution in [0.3, 0.4) is 0 Å². The number of phenols is 1. The van der Waals surface area contributed by atoms with Gasteiger partial charge in [-0.25, -0.2) is 0 Å². The van der Waals surface area contributed by atoms with Crippen LogP contribution < -0.4 is 5.32 Å². The molecule has 1 amide bonds. The van der Waals surface area contributed by atoms with Crippen molar-refractivity contribution >= 4 is 5.91 Å². The van der Waals surface area contributed by atoms with Crippen molar-refractivity contribution in [2.24, 2.45) is 0 Å². The molecule has 1 saturated heterocycles. The normalized spacial score (nSPS) is 19.4. The number of amides is 1. The third kappa shape index (κ3) is 3.96. The Morgan fingerprint density at radius 1 is 1.53 bits per heavy atom. The van der Waals surface area contributed by atoms with Crippen molar-refractivity contribution in [3.63, 3.8) is 0 Å². The average molecular weight is 262 g/mol. The molecule has 0 spiro atoms. The van der Waals surface area contributed by atoms with Crippen LogP contribution in [0.15, 0.2) is 24.3 Å². The molecule has 104 valence electrons. The Morgan fingerprint density at radius 3 is 3.11 bits per heavy atom. The van der Waals surface area contributed by atoms with E-state index in [2.05, 4.69) is 12.2 Å². The van der Waals surface area contributed by atoms with Crippen LogP contribution >= 0.6 is 0 Å². The zero-order valence-corrected chi connectivity index (χ0v) is 11.4. The van der Waals surface area contributed by atoms with Gasteiger partial charge in [0.15, 0.2) is 0 Å². The maximum absolute atomic E-state index is 12.2. The molecular weight excluding hydrogens is 240 g/mol. The molecule has 1 aromatic rings. The summed E-state index contributed by atoms with van der Waals surface area (Å²) in [5.41, 5.74) is 0.871. The predicted molar refractivity (Wildman–Crippen MR) is 75.1 cm³/mol. The smallest absolute Gasteiger partial charge is 0.227 e. The highest BCUT2D eigenvalue weighted by Crippen LogP contribution is 2.15. The van der Waals surface area contributed by atoms with Crippen molar-refractivity contribution in [3.05, 3.63) is 29.8 Å². The number of likely N-dealkylation sites (tertiary alicyclic amines) is 1. The summed E-state index contributed by atoms with van der Waals surface area (Å²) in [7, 11) is 0. The highest BCUT2D eigenvalue weighted by Gasteiger charge is 2.22. The van der Waals surface area contributed by atoms with Gasteiger partial charge < -0.3 is 15.3 Å². The standard InChI is InChI=1S/C15H22N2O2/c1-2-16-13-6-4-8-17(11-13)15(19)10-12-5-3-7-14(18)9-12/h3,5,7,9,13,16,18H,2,4,6,8,10-11H2,1H3. The third-order valence-electron chi connectivity index (χ3n) is 3.53. The van der Waals surface area contributed by atoms with E-state index in [-0.39, 0.29) is 11.7 Å². The monoisotopic (exact) mass is 262 g/mol. The Kier molecular flexibility index (Phi) is 4.80. The van der Waals surface area contributed by atoms with Gasteiger partial charge in [-0.05, 0) is 37.1 Å². The van der Waals surface area contributed by atoms with Crippen LogP contribution in [0.25, 0.3) is 0 Å². The lowest BCUT2D eigenvalue weighted by Crippen LogP contribution is -2.48. The van der Waals surface area contributed by atoms with Gasteiger partial charge in [0.1, 0.15) is 5.75 Å². The van der Waals surface area contributed by atoms with Crippen molar-refractivity contribution in [2.75, 3.05) is 19.6 Å². The first-order valence-electron chi connectivity index (χ1n) is 6.98. The van der Waals surface area contributed by atoms with Gasteiger partial charge in [-0.1, -0.05) is 19.1 Å². The molecule has 1 unspecified atom stereocenters. The van der Waals surface area contributed by atoms with Crippen LogP contribution in [0.4, 0.5) is 0 Å². The van der Waals surface area contributed by atoms with Crippen molar-refractivity contribution in [3.8, 4) is 5.75 Å². The topological polar surface area (TPSA) is 52.6 Å². The Hall–Kier alpha value is -1.55. The minimum absolute atomic E-state index is 0.146. The summed E-state index contributed by atoms with van der Waals surface area (Å²) < 4.78 is 0. The molecule has 0 saturated carbocycles. The maximum Gasteiger partial charge on any atom is 0.227 e. The highest BCUT2D eigenvalue weighted by molar-refractivity contribution is 5.79. The first-order valence-corrected chi connectivity index (χ1v) is 6.98. The number of aromatic hydroxyl groups is 1. The van der Waals surface area contributed by atoms with E-state index in [1.807, 2.05) is 11.0 Å². The van der Waals surface area contributed by atoms with Gasteiger partial charge in [-0.15, -0.1) is 0 Å². The Morgan fingerprint density at radius 2 is 2.37 bits per heavy atom. The molecule has 1 heterocycles. The van der Waals surface area contributed by atoms with Crippen LogP contribution in [0.5, 0.6) is 5.75 Å². The van der Waals surface area contributed by atoms with Gasteiger partial charge in [0, 0.05) is 19.1 Å². The second-order valence-electron chi connectivity index (χ2n) is 5.08. The van der Waals surface area contributed by atoms with E-state index in [1.54, 1.807) is 18.2 Å². The molecule has 0 bridgehead atoms. The molecular formula is C15H22N2O2. The first-order chi connectivity index (χ1) is 9.19. The van der Waals surface area contributed by atoms with Crippen molar-refractivity contribution in [1.29, 1.82) is 0 Å². The largest absolute Gasteiger partial charge is 0.508 e. The zero-order valence-electron chi connectivity index (χ0n) is 11.4. The van der Waals surface area contributed by atoms with E-state index in [0.29, 0.717) is 12.5 Å². The number of carbonyl (C=O) groups is 1. The quantitative estimate of drug-likeness (QED) is 0.865. The zero-order chi connectivity index (χ0) is 13.7. The summed E-state index contributed by atoms with van der Waals surface area (Å²) >= 11 is 0. The third-order valence-corrected chi connectivity index (χ3v) is 3.53. The van der Waals surface area contributed by atoms with Crippen molar-refractivity contribution in [1.82, 2.24) is 10.2 Å². The molecule has 1 aliphatic rings. The van der Waals surface area contributed by atoms with Gasteiger partial charge in [-0.3, -0.25) is 4.79 Å². The summed E-state index contributed by atoms with van der Waals surface area (Å²) in [5.74, 6) is 0.364. The maximum atomic E-state index is 12.2. The fraction of sp³-hybridized carbons (Fsp3) is 0.533. The number of benzene rings is 1. The molecule has 1 aliphatic heterocycles. The number of nitrogens with zero attached hydrogens (tertiary/aromatic N) is 1. The number of hydrogen-bond acceptors (Lipinski definition) is 3. The van der Waals surface area contributed by atoms with E-state index >= 15 is 0 Å². The van der Waals surface area contributed by atoms with Crippen molar-refractivity contribution in [2.45, 2.75) is 32.2 Å². The van der Waals surface area contributed by atoms with Gasteiger partial charge in [0.05, 0.1) is 6.42 Å². The summed E-state index contributed by atoms with van der Waals surface area (Å²) in [5, 5.41) is 12.8. The minimum atomic E-state index is 0.146. The van der Waals surface area contributed by atoms with Gasteiger partial charge in [-0.2, -0.15) is 0 Å². The number of hydrogen-bond donors (Lipinski definition) is 2. The molecule has 0 aromatic heterocycles. The molecule has 1 fully saturated rings. The molecule has 1 aromatic carbocycles. The fourth-order valence-corrected chi connectivity index (χ4v) is 2.61. The van der Waals surface area contributed by atoms with E-state index < -0.39 is 0 Å². The summed E-state index contributed by atoms with van der Waals surface area (Å²) in [6.45, 7) is 4.68. The Bertz CT molecular complexity index is 432. The van der Waals surface area contributed by atoms with E-state index in [1.165, 1.54) is 0 Å². The average Bonchev–Trinajstić information content (AvgIpc) is 2.39. The SMILES string of the molecule is CCNC1CCCN(C(=O)Cc2cccc(O)c2)C1. The summed E-state index contributed by atoms with van der Waals surface area (Å²) in [6.07, 6.45) is 2.57. The first kappa shape index (κ1) is 13.9. The number of phenolic OH excluding ortho intramolecular Hbond substituents is 1. The van der Waals surface area contributed by atoms with Gasteiger partial charge in [0.2, 0.25) is 5.91 Å². The molecule has 4 heteroatoms. The van der Waals surface area contributed by atoms with Crippen LogP contribution in [-0.2, 0) is 11.2 Å². The summed E-state index contributed by atoms with van der Waals surface area (Å²) in [6, 6.07) is 7.35. The van der Waals surface area contributed by atoms with Crippen LogP contribution in [0, 0.1) is 0 Å². The van der Waals surface area contributed by atoms with Gasteiger partial charge in [0.25, 0.3) is 0 Å². The van der Waals surface area contributed by atoms with Crippen LogP contribution in [0.2, 0.25) is 0 Å². The number of likely N-dealkylation sites (N-methyl/N-ethyl adjacent to an activating group) is 1. The lowest BCUT2D eigenvalue weighted by Gasteiger charge is -2.33. The number of piperidine rings is 1. The molecule has 0 aliphatic carbocycles. The lowest BCUT2D eigenvalue weighted by atomic mass is 10.0. The van der Waals surface area contributed by atoms with E-state index in [4.69, 9.17) is 0 Å². The molecule has 1 atom stereocenters. The van der Waals surface area contributed by atoms with E-state index in [9.17, 15) is 9.90 Å². The van der Waals surface area contributed by atoms with Crippen molar-refractivity contribution < 1.29 is 9.90 Å². The lowest BCUT2D eigenvalue weighted by molar-refractivity contribution is -0.131. The molecule has 19 heavy (non-hydrogen) atoms. The molecule has 0 radical (unpaired) electrons. The molecule has 2 rings (SSSR count). The molecule has 4 nitrogen and oxygen atoms in total. The number of nitrogens with one attached hydrogen (secondary N) is 1. The Balaban J connectivity index is 1.92. The number of carbonyl (C=O) groups excluding carboxylic acids is 1. The highest BCUT2D eigenvalue weighted by atomic mass is 16.3. The van der Waals surface area contributed by atoms with Gasteiger partial charge >= 0.3 is 0 Å². The van der Waals surface area contributed by atoms with Crippen LogP contribution in [-0.4, -0.2) is 41.6 Å². The Labute approximate surface area is 114 Å². The minimum Gasteiger partial charge on any atom is -0.508 e. The summed E-state index contributed by atoms with van der Waals surface area (Å²) in [4.78, 5) is 14.2. The second kappa shape index (κ2) is 6.57. The van der Waals surface area contributed by atoms with Crippen LogP contribution in [0.1, 0.15) is 25.3 Å².